The maximum absolute atomic E-state index is 11.6. The van der Waals surface area contributed by atoms with Crippen LogP contribution in [0.25, 0.3) is 0 Å². The van der Waals surface area contributed by atoms with Gasteiger partial charge in [-0.25, -0.2) is 0 Å². The fraction of sp³-hybridized carbons (Fsp3) is 0.562. The van der Waals surface area contributed by atoms with E-state index in [-0.39, 0.29) is 5.97 Å². The third kappa shape index (κ3) is 3.98. The molecule has 0 aliphatic heterocycles. The van der Waals surface area contributed by atoms with Crippen molar-refractivity contribution < 1.29 is 9.53 Å². The van der Waals surface area contributed by atoms with E-state index in [1.807, 2.05) is 19.1 Å². The molecule has 0 spiro atoms. The Hall–Kier alpha value is -1.51. The summed E-state index contributed by atoms with van der Waals surface area (Å²) in [4.78, 5) is 11.6. The average Bonchev–Trinajstić information content (AvgIpc) is 2.40. The molecule has 1 fully saturated rings. The first-order valence-electron chi connectivity index (χ1n) is 7.20. The molecule has 2 N–H and O–H groups in total. The lowest BCUT2D eigenvalue weighted by atomic mass is 9.77. The minimum atomic E-state index is -0.0505. The summed E-state index contributed by atoms with van der Waals surface area (Å²) in [7, 11) is 0. The molecular formula is C16H23NO2. The molecule has 2 atom stereocenters. The molecule has 1 aromatic rings. The van der Waals surface area contributed by atoms with E-state index < -0.39 is 0 Å². The average molecular weight is 261 g/mol. The number of hydrogen-bond acceptors (Lipinski definition) is 3. The number of ether oxygens (including phenoxy) is 1. The van der Waals surface area contributed by atoms with Crippen LogP contribution in [0.1, 0.15) is 50.5 Å². The standard InChI is InChI=1S/C16H23NO2/c1-2-19-16(18)11-12-4-3-5-14(10-12)13-6-8-15(17)9-7-13/h6-9,12,14H,2-5,10-11,17H2,1H3/t12-,14-/m0/s1. The van der Waals surface area contributed by atoms with Gasteiger partial charge in [-0.1, -0.05) is 18.6 Å². The highest BCUT2D eigenvalue weighted by Crippen LogP contribution is 2.37. The highest BCUT2D eigenvalue weighted by Gasteiger charge is 2.25. The van der Waals surface area contributed by atoms with Gasteiger partial charge in [0, 0.05) is 12.1 Å². The SMILES string of the molecule is CCOC(=O)C[C@H]1CCC[C@H](c2ccc(N)cc2)C1. The number of rotatable bonds is 4. The minimum absolute atomic E-state index is 0.0505. The summed E-state index contributed by atoms with van der Waals surface area (Å²) in [5, 5.41) is 0. The number of benzene rings is 1. The molecule has 0 radical (unpaired) electrons. The number of esters is 1. The lowest BCUT2D eigenvalue weighted by molar-refractivity contribution is -0.144. The molecule has 1 saturated carbocycles. The molecule has 2 rings (SSSR count). The second-order valence-corrected chi connectivity index (χ2v) is 5.41. The lowest BCUT2D eigenvalue weighted by Gasteiger charge is -2.29. The number of nitrogens with two attached hydrogens (primary N) is 1. The van der Waals surface area contributed by atoms with Crippen LogP contribution in [0.15, 0.2) is 24.3 Å². The highest BCUT2D eigenvalue weighted by molar-refractivity contribution is 5.69. The fourth-order valence-corrected chi connectivity index (χ4v) is 3.00. The largest absolute Gasteiger partial charge is 0.466 e. The molecule has 0 aromatic heterocycles. The maximum atomic E-state index is 11.6. The molecule has 0 unspecified atom stereocenters. The Morgan fingerprint density at radius 2 is 2.05 bits per heavy atom. The van der Waals surface area contributed by atoms with E-state index in [1.165, 1.54) is 18.4 Å². The van der Waals surface area contributed by atoms with Crippen LogP contribution in [0.2, 0.25) is 0 Å². The van der Waals surface area contributed by atoms with Crippen molar-refractivity contribution in [3.8, 4) is 0 Å². The summed E-state index contributed by atoms with van der Waals surface area (Å²) >= 11 is 0. The second kappa shape index (κ2) is 6.60. The Kier molecular flexibility index (Phi) is 4.83. The van der Waals surface area contributed by atoms with Crippen LogP contribution in [0.3, 0.4) is 0 Å². The summed E-state index contributed by atoms with van der Waals surface area (Å²) in [5.41, 5.74) is 7.88. The van der Waals surface area contributed by atoms with E-state index >= 15 is 0 Å². The van der Waals surface area contributed by atoms with Crippen LogP contribution in [-0.4, -0.2) is 12.6 Å². The van der Waals surface area contributed by atoms with Gasteiger partial charge in [-0.3, -0.25) is 4.79 Å². The summed E-state index contributed by atoms with van der Waals surface area (Å²) in [6, 6.07) is 8.16. The molecule has 19 heavy (non-hydrogen) atoms. The minimum Gasteiger partial charge on any atom is -0.466 e. The van der Waals surface area contributed by atoms with Crippen LogP contribution in [0.4, 0.5) is 5.69 Å². The van der Waals surface area contributed by atoms with Crippen LogP contribution < -0.4 is 5.73 Å². The fourth-order valence-electron chi connectivity index (χ4n) is 3.00. The first kappa shape index (κ1) is 13.9. The van der Waals surface area contributed by atoms with Crippen LogP contribution in [0.5, 0.6) is 0 Å². The molecule has 0 heterocycles. The van der Waals surface area contributed by atoms with Gasteiger partial charge in [0.2, 0.25) is 0 Å². The van der Waals surface area contributed by atoms with Crippen LogP contribution in [0, 0.1) is 5.92 Å². The Morgan fingerprint density at radius 1 is 1.32 bits per heavy atom. The highest BCUT2D eigenvalue weighted by atomic mass is 16.5. The van der Waals surface area contributed by atoms with E-state index in [1.54, 1.807) is 0 Å². The van der Waals surface area contributed by atoms with Gasteiger partial charge in [-0.15, -0.1) is 0 Å². The molecule has 1 aromatic carbocycles. The maximum Gasteiger partial charge on any atom is 0.306 e. The Balaban J connectivity index is 1.93. The zero-order valence-corrected chi connectivity index (χ0v) is 11.6. The Morgan fingerprint density at radius 3 is 2.74 bits per heavy atom. The third-order valence-corrected chi connectivity index (χ3v) is 3.95. The normalized spacial score (nSPS) is 23.0. The summed E-state index contributed by atoms with van der Waals surface area (Å²) < 4.78 is 5.05. The smallest absolute Gasteiger partial charge is 0.306 e. The topological polar surface area (TPSA) is 52.3 Å². The number of carbonyl (C=O) groups is 1. The van der Waals surface area contributed by atoms with Crippen molar-refractivity contribution in [2.75, 3.05) is 12.3 Å². The summed E-state index contributed by atoms with van der Waals surface area (Å²) in [5.74, 6) is 0.981. The van der Waals surface area contributed by atoms with Gasteiger partial charge in [0.15, 0.2) is 0 Å². The molecule has 1 aliphatic rings. The van der Waals surface area contributed by atoms with Gasteiger partial charge >= 0.3 is 5.97 Å². The lowest BCUT2D eigenvalue weighted by Crippen LogP contribution is -2.18. The van der Waals surface area contributed by atoms with Gasteiger partial charge in [-0.05, 0) is 55.7 Å². The molecule has 3 heteroatoms. The van der Waals surface area contributed by atoms with Gasteiger partial charge in [0.1, 0.15) is 0 Å². The summed E-state index contributed by atoms with van der Waals surface area (Å²) in [6.45, 7) is 2.34. The van der Waals surface area contributed by atoms with E-state index in [0.717, 1.165) is 18.5 Å². The van der Waals surface area contributed by atoms with Crippen molar-refractivity contribution in [1.82, 2.24) is 0 Å². The second-order valence-electron chi connectivity index (χ2n) is 5.41. The van der Waals surface area contributed by atoms with E-state index in [2.05, 4.69) is 12.1 Å². The molecule has 1 aliphatic carbocycles. The van der Waals surface area contributed by atoms with E-state index in [4.69, 9.17) is 10.5 Å². The van der Waals surface area contributed by atoms with Crippen molar-refractivity contribution in [3.05, 3.63) is 29.8 Å². The Labute approximate surface area is 115 Å². The molecule has 0 amide bonds. The zero-order chi connectivity index (χ0) is 13.7. The molecule has 0 bridgehead atoms. The summed E-state index contributed by atoms with van der Waals surface area (Å²) in [6.07, 6.45) is 5.20. The predicted octanol–water partition coefficient (Wildman–Crippen LogP) is 3.50. The number of anilines is 1. The molecule has 0 saturated heterocycles. The van der Waals surface area contributed by atoms with Crippen molar-refractivity contribution in [2.24, 2.45) is 5.92 Å². The zero-order valence-electron chi connectivity index (χ0n) is 11.6. The number of hydrogen-bond donors (Lipinski definition) is 1. The third-order valence-electron chi connectivity index (χ3n) is 3.95. The predicted molar refractivity (Wildman–Crippen MR) is 76.8 cm³/mol. The van der Waals surface area contributed by atoms with Crippen LogP contribution >= 0.6 is 0 Å². The van der Waals surface area contributed by atoms with Crippen molar-refractivity contribution >= 4 is 11.7 Å². The molecule has 3 nitrogen and oxygen atoms in total. The molecular weight excluding hydrogens is 238 g/mol. The van der Waals surface area contributed by atoms with Crippen molar-refractivity contribution in [2.45, 2.75) is 44.9 Å². The van der Waals surface area contributed by atoms with E-state index in [0.29, 0.717) is 24.9 Å². The van der Waals surface area contributed by atoms with Gasteiger partial charge in [0.25, 0.3) is 0 Å². The quantitative estimate of drug-likeness (QED) is 0.666. The van der Waals surface area contributed by atoms with Gasteiger partial charge < -0.3 is 10.5 Å². The van der Waals surface area contributed by atoms with Crippen molar-refractivity contribution in [3.63, 3.8) is 0 Å². The molecule has 104 valence electrons. The first-order chi connectivity index (χ1) is 9.19. The van der Waals surface area contributed by atoms with Gasteiger partial charge in [-0.2, -0.15) is 0 Å². The Bertz CT molecular complexity index is 413. The monoisotopic (exact) mass is 261 g/mol. The number of nitrogen functional groups attached to an aromatic ring is 1. The van der Waals surface area contributed by atoms with Crippen LogP contribution in [-0.2, 0) is 9.53 Å². The van der Waals surface area contributed by atoms with Gasteiger partial charge in [0.05, 0.1) is 6.61 Å². The van der Waals surface area contributed by atoms with E-state index in [9.17, 15) is 4.79 Å². The first-order valence-corrected chi connectivity index (χ1v) is 7.20. The number of carbonyl (C=O) groups excluding carboxylic acids is 1. The van der Waals surface area contributed by atoms with Crippen molar-refractivity contribution in [1.29, 1.82) is 0 Å².